The Morgan fingerprint density at radius 1 is 1.26 bits per heavy atom. The van der Waals surface area contributed by atoms with Gasteiger partial charge >= 0.3 is 5.97 Å². The molecule has 0 saturated carbocycles. The number of ether oxygens (including phenoxy) is 1. The Morgan fingerprint density at radius 2 is 1.85 bits per heavy atom. The van der Waals surface area contributed by atoms with Gasteiger partial charge in [0.2, 0.25) is 21.8 Å². The number of anilines is 1. The summed E-state index contributed by atoms with van der Waals surface area (Å²) in [5, 5.41) is 12.4. The number of phenols is 1. The number of rotatable bonds is 7. The first kappa shape index (κ1) is 22.4. The van der Waals surface area contributed by atoms with Crippen LogP contribution in [0, 0.1) is 0 Å². The first-order valence-electron chi connectivity index (χ1n) is 7.85. The van der Waals surface area contributed by atoms with Crippen molar-refractivity contribution in [2.75, 3.05) is 5.32 Å². The summed E-state index contributed by atoms with van der Waals surface area (Å²) in [4.78, 5) is 33.9. The lowest BCUT2D eigenvalue weighted by atomic mass is 10.1. The molecule has 0 fully saturated rings. The van der Waals surface area contributed by atoms with Crippen molar-refractivity contribution in [1.29, 1.82) is 0 Å². The highest BCUT2D eigenvalue weighted by Crippen LogP contribution is 2.26. The zero-order valence-corrected chi connectivity index (χ0v) is 16.2. The molecule has 0 unspecified atom stereocenters. The van der Waals surface area contributed by atoms with Gasteiger partial charge in [0.15, 0.2) is 0 Å². The van der Waals surface area contributed by atoms with Crippen LogP contribution in [-0.4, -0.2) is 43.0 Å². The zero-order chi connectivity index (χ0) is 21.0. The summed E-state index contributed by atoms with van der Waals surface area (Å²) in [5.41, 5.74) is 4.34. The topological polar surface area (TPSA) is 165 Å². The Labute approximate surface area is 157 Å². The van der Waals surface area contributed by atoms with Crippen molar-refractivity contribution in [3.63, 3.8) is 0 Å². The van der Waals surface area contributed by atoms with Crippen LogP contribution in [0.2, 0.25) is 0 Å². The number of hydrogen-bond donors (Lipinski definition) is 4. The maximum atomic E-state index is 12.5. The predicted octanol–water partition coefficient (Wildman–Crippen LogP) is 0.215. The van der Waals surface area contributed by atoms with E-state index in [1.807, 2.05) is 4.72 Å². The second kappa shape index (κ2) is 8.35. The number of carbonyl (C=O) groups excluding carboxylic acids is 3. The van der Waals surface area contributed by atoms with Gasteiger partial charge in [-0.25, -0.2) is 8.42 Å². The molecule has 0 heterocycles. The fourth-order valence-corrected chi connectivity index (χ4v) is 3.29. The molecule has 27 heavy (non-hydrogen) atoms. The number of amides is 2. The molecule has 0 aromatic heterocycles. The van der Waals surface area contributed by atoms with E-state index in [1.165, 1.54) is 13.0 Å². The Hall–Kier alpha value is -2.66. The fraction of sp³-hybridized carbons (Fsp3) is 0.438. The van der Waals surface area contributed by atoms with Gasteiger partial charge < -0.3 is 20.9 Å². The van der Waals surface area contributed by atoms with Crippen LogP contribution in [0.5, 0.6) is 5.75 Å². The van der Waals surface area contributed by atoms with Gasteiger partial charge in [-0.3, -0.25) is 14.4 Å². The van der Waals surface area contributed by atoms with Gasteiger partial charge in [-0.15, -0.1) is 0 Å². The van der Waals surface area contributed by atoms with Gasteiger partial charge in [0, 0.05) is 18.7 Å². The molecule has 11 heteroatoms. The van der Waals surface area contributed by atoms with E-state index in [9.17, 15) is 27.9 Å². The summed E-state index contributed by atoms with van der Waals surface area (Å²) in [5.74, 6) is -2.97. The van der Waals surface area contributed by atoms with E-state index in [0.717, 1.165) is 12.1 Å². The number of nitrogens with two attached hydrogens (primary N) is 1. The molecule has 1 aromatic rings. The van der Waals surface area contributed by atoms with Gasteiger partial charge in [0.05, 0.1) is 6.42 Å². The normalized spacial score (nSPS) is 12.9. The Kier molecular flexibility index (Phi) is 6.93. The molecular weight excluding hydrogens is 378 g/mol. The highest BCUT2D eigenvalue weighted by atomic mass is 32.2. The molecule has 0 bridgehead atoms. The van der Waals surface area contributed by atoms with E-state index < -0.39 is 56.5 Å². The second-order valence-corrected chi connectivity index (χ2v) is 8.42. The van der Waals surface area contributed by atoms with Crippen LogP contribution in [0.3, 0.4) is 0 Å². The maximum absolute atomic E-state index is 12.5. The highest BCUT2D eigenvalue weighted by molar-refractivity contribution is 7.89. The van der Waals surface area contributed by atoms with E-state index in [2.05, 4.69) is 5.32 Å². The molecule has 10 nitrogen and oxygen atoms in total. The van der Waals surface area contributed by atoms with Crippen molar-refractivity contribution in [3.05, 3.63) is 18.2 Å². The van der Waals surface area contributed by atoms with Crippen molar-refractivity contribution < 1.29 is 32.6 Å². The third kappa shape index (κ3) is 7.23. The number of primary amides is 1. The van der Waals surface area contributed by atoms with Crippen molar-refractivity contribution in [3.8, 4) is 5.75 Å². The third-order valence-electron chi connectivity index (χ3n) is 2.96. The Balaban J connectivity index is 3.14. The molecule has 0 saturated heterocycles. The van der Waals surface area contributed by atoms with Crippen LogP contribution in [-0.2, 0) is 29.1 Å². The van der Waals surface area contributed by atoms with E-state index in [0.29, 0.717) is 0 Å². The fourth-order valence-electron chi connectivity index (χ4n) is 2.02. The number of sulfonamides is 1. The van der Waals surface area contributed by atoms with Gasteiger partial charge in [-0.1, -0.05) is 0 Å². The average Bonchev–Trinajstić information content (AvgIpc) is 2.42. The summed E-state index contributed by atoms with van der Waals surface area (Å²) in [6.07, 6.45) is -0.626. The first-order valence-corrected chi connectivity index (χ1v) is 9.33. The third-order valence-corrected chi connectivity index (χ3v) is 4.48. The molecule has 0 aliphatic carbocycles. The van der Waals surface area contributed by atoms with E-state index in [1.54, 1.807) is 20.8 Å². The van der Waals surface area contributed by atoms with Crippen LogP contribution < -0.4 is 15.8 Å². The molecule has 1 atom stereocenters. The maximum Gasteiger partial charge on any atom is 0.325 e. The molecule has 1 rings (SSSR count). The number of benzene rings is 1. The lowest BCUT2D eigenvalue weighted by molar-refractivity contribution is -0.157. The van der Waals surface area contributed by atoms with Crippen molar-refractivity contribution in [2.45, 2.75) is 50.7 Å². The minimum atomic E-state index is -4.40. The number of aromatic hydroxyl groups is 1. The number of hydrogen-bond acceptors (Lipinski definition) is 7. The lowest BCUT2D eigenvalue weighted by Gasteiger charge is -2.24. The molecule has 0 aliphatic heterocycles. The van der Waals surface area contributed by atoms with Crippen LogP contribution in [0.25, 0.3) is 0 Å². The van der Waals surface area contributed by atoms with E-state index in [4.69, 9.17) is 10.5 Å². The summed E-state index contributed by atoms with van der Waals surface area (Å²) >= 11 is 0. The smallest absolute Gasteiger partial charge is 0.325 e. The molecule has 0 radical (unpaired) electrons. The quantitative estimate of drug-likeness (QED) is 0.474. The van der Waals surface area contributed by atoms with Crippen LogP contribution >= 0.6 is 0 Å². The molecule has 0 aliphatic rings. The minimum Gasteiger partial charge on any atom is -0.506 e. The van der Waals surface area contributed by atoms with Gasteiger partial charge in [0.1, 0.15) is 22.3 Å². The van der Waals surface area contributed by atoms with Crippen molar-refractivity contribution in [2.24, 2.45) is 5.73 Å². The molecule has 150 valence electrons. The average molecular weight is 401 g/mol. The summed E-state index contributed by atoms with van der Waals surface area (Å²) in [6.45, 7) is 5.98. The number of phenolic OH excluding ortho intramolecular Hbond substituents is 1. The standard InChI is InChI=1S/C16H23N3O7S/c1-9(20)18-10-5-6-13(12(21)7-10)27(24,25)19-11(8-14(17)22)15(23)26-16(2,3)4/h5-7,11,19,21H,8H2,1-4H3,(H2,17,22)(H,18,20)/t11-/m0/s1. The molecule has 0 spiro atoms. The Morgan fingerprint density at radius 3 is 2.30 bits per heavy atom. The minimum absolute atomic E-state index is 0.180. The number of esters is 1. The van der Waals surface area contributed by atoms with E-state index >= 15 is 0 Å². The predicted molar refractivity (Wildman–Crippen MR) is 96.2 cm³/mol. The number of nitrogens with one attached hydrogen (secondary N) is 2. The molecular formula is C16H23N3O7S. The highest BCUT2D eigenvalue weighted by Gasteiger charge is 2.32. The van der Waals surface area contributed by atoms with Gasteiger partial charge in [-0.2, -0.15) is 4.72 Å². The zero-order valence-electron chi connectivity index (χ0n) is 15.4. The number of carbonyl (C=O) groups is 3. The lowest BCUT2D eigenvalue weighted by Crippen LogP contribution is -2.46. The second-order valence-electron chi connectivity index (χ2n) is 6.74. The van der Waals surface area contributed by atoms with E-state index in [-0.39, 0.29) is 5.69 Å². The largest absolute Gasteiger partial charge is 0.506 e. The Bertz CT molecular complexity index is 844. The SMILES string of the molecule is CC(=O)Nc1ccc(S(=O)(=O)N[C@@H](CC(N)=O)C(=O)OC(C)(C)C)c(O)c1. The van der Waals surface area contributed by atoms with Crippen molar-refractivity contribution in [1.82, 2.24) is 4.72 Å². The van der Waals surface area contributed by atoms with Crippen LogP contribution in [0.1, 0.15) is 34.1 Å². The van der Waals surface area contributed by atoms with Crippen molar-refractivity contribution >= 4 is 33.5 Å². The van der Waals surface area contributed by atoms with Crippen LogP contribution in [0.15, 0.2) is 23.1 Å². The molecule has 2 amide bonds. The van der Waals surface area contributed by atoms with Crippen LogP contribution in [0.4, 0.5) is 5.69 Å². The monoisotopic (exact) mass is 401 g/mol. The summed E-state index contributed by atoms with van der Waals surface area (Å²) < 4.78 is 32.2. The van der Waals surface area contributed by atoms with Gasteiger partial charge in [-0.05, 0) is 32.9 Å². The summed E-state index contributed by atoms with van der Waals surface area (Å²) in [6, 6.07) is 1.76. The molecule has 5 N–H and O–H groups in total. The summed E-state index contributed by atoms with van der Waals surface area (Å²) in [7, 11) is -4.40. The first-order chi connectivity index (χ1) is 12.2. The van der Waals surface area contributed by atoms with Gasteiger partial charge in [0.25, 0.3) is 0 Å². The molecule has 1 aromatic carbocycles.